The van der Waals surface area contributed by atoms with Crippen LogP contribution in [0, 0.1) is 0 Å². The van der Waals surface area contributed by atoms with Crippen LogP contribution < -0.4 is 0 Å². The molecule has 0 aliphatic heterocycles. The van der Waals surface area contributed by atoms with Crippen molar-refractivity contribution in [2.75, 3.05) is 6.26 Å². The maximum atomic E-state index is 11.2. The molecule has 0 rings (SSSR count). The molecular weight excluding hydrogens is 302 g/mol. The van der Waals surface area contributed by atoms with Crippen molar-refractivity contribution >= 4 is 22.1 Å². The average Bonchev–Trinajstić information content (AvgIpc) is 1.96. The highest BCUT2D eigenvalue weighted by Crippen LogP contribution is 2.21. The van der Waals surface area contributed by atoms with Crippen molar-refractivity contribution in [3.05, 3.63) is 0 Å². The summed E-state index contributed by atoms with van der Waals surface area (Å²) in [5, 5.41) is 0. The van der Waals surface area contributed by atoms with E-state index in [2.05, 4.69) is 4.74 Å². The molecule has 0 unspecified atom stereocenters. The van der Waals surface area contributed by atoms with Gasteiger partial charge in [0.15, 0.2) is 0 Å². The molecule has 0 heterocycles. The first-order chi connectivity index (χ1) is 7.55. The highest BCUT2D eigenvalue weighted by atomic mass is 32.2. The average molecular weight is 306 g/mol. The molecule has 13 heteroatoms. The zero-order valence-corrected chi connectivity index (χ0v) is 8.98. The van der Waals surface area contributed by atoms with E-state index in [4.69, 9.17) is 4.55 Å². The first-order valence-corrected chi connectivity index (χ1v) is 5.22. The second kappa shape index (κ2) is 5.99. The van der Waals surface area contributed by atoms with Crippen molar-refractivity contribution in [3.8, 4) is 0 Å². The van der Waals surface area contributed by atoms with Crippen LogP contribution in [-0.2, 0) is 24.4 Å². The van der Waals surface area contributed by atoms with Crippen LogP contribution in [0.5, 0.6) is 0 Å². The number of esters is 2. The van der Waals surface area contributed by atoms with Gasteiger partial charge in [0.05, 0.1) is 6.26 Å². The predicted molar refractivity (Wildman–Crippen MR) is 40.7 cm³/mol. The summed E-state index contributed by atoms with van der Waals surface area (Å²) in [5.74, 6) is -6.40. The molecular formula is C5H4F6O6S. The molecule has 0 atom stereocenters. The van der Waals surface area contributed by atoms with Crippen LogP contribution in [0.2, 0.25) is 0 Å². The molecule has 0 aromatic carbocycles. The van der Waals surface area contributed by atoms with E-state index in [1.165, 1.54) is 0 Å². The fraction of sp³-hybridized carbons (Fsp3) is 0.600. The smallest absolute Gasteiger partial charge is 0.380 e. The number of hydrogen-bond acceptors (Lipinski definition) is 5. The van der Waals surface area contributed by atoms with E-state index in [0.29, 0.717) is 6.26 Å². The van der Waals surface area contributed by atoms with E-state index >= 15 is 0 Å². The van der Waals surface area contributed by atoms with E-state index in [1.807, 2.05) is 0 Å². The lowest BCUT2D eigenvalue weighted by Crippen LogP contribution is -2.34. The van der Waals surface area contributed by atoms with Gasteiger partial charge >= 0.3 is 24.3 Å². The van der Waals surface area contributed by atoms with Gasteiger partial charge in [-0.05, 0) is 0 Å². The monoisotopic (exact) mass is 306 g/mol. The van der Waals surface area contributed by atoms with Crippen LogP contribution >= 0.6 is 0 Å². The highest BCUT2D eigenvalue weighted by Gasteiger charge is 2.49. The SMILES string of the molecule is CS(=O)(=O)O.O=C(OC(=O)C(F)(F)F)C(F)(F)F. The first kappa shape index (κ1) is 19.0. The second-order valence-electron chi connectivity index (χ2n) is 2.41. The molecule has 0 spiro atoms. The second-order valence-corrected chi connectivity index (χ2v) is 3.87. The molecule has 0 saturated heterocycles. The van der Waals surface area contributed by atoms with Gasteiger partial charge in [0.25, 0.3) is 10.1 Å². The van der Waals surface area contributed by atoms with Gasteiger partial charge in [-0.3, -0.25) is 4.55 Å². The van der Waals surface area contributed by atoms with Crippen LogP contribution in [0.15, 0.2) is 0 Å². The van der Waals surface area contributed by atoms with Gasteiger partial charge in [-0.1, -0.05) is 0 Å². The Hall–Kier alpha value is -1.37. The molecule has 108 valence electrons. The van der Waals surface area contributed by atoms with Gasteiger partial charge < -0.3 is 4.74 Å². The lowest BCUT2D eigenvalue weighted by molar-refractivity contribution is -0.221. The Labute approximate surface area is 95.3 Å². The molecule has 18 heavy (non-hydrogen) atoms. The summed E-state index contributed by atoms with van der Waals surface area (Å²) < 4.78 is 95.5. The fourth-order valence-electron chi connectivity index (χ4n) is 0.200. The Bertz CT molecular complexity index is 373. The Kier molecular flexibility index (Phi) is 6.32. The quantitative estimate of drug-likeness (QED) is 0.306. The maximum Gasteiger partial charge on any atom is 0.491 e. The highest BCUT2D eigenvalue weighted by molar-refractivity contribution is 7.85. The van der Waals surface area contributed by atoms with Crippen molar-refractivity contribution in [1.82, 2.24) is 0 Å². The van der Waals surface area contributed by atoms with E-state index < -0.39 is 34.4 Å². The van der Waals surface area contributed by atoms with Gasteiger partial charge in [0.2, 0.25) is 0 Å². The minimum absolute atomic E-state index is 0.715. The normalized spacial score (nSPS) is 12.2. The molecule has 0 amide bonds. The van der Waals surface area contributed by atoms with Gasteiger partial charge in [0.1, 0.15) is 0 Å². The number of carbonyl (C=O) groups is 2. The predicted octanol–water partition coefficient (Wildman–Crippen LogP) is 0.685. The van der Waals surface area contributed by atoms with E-state index in [9.17, 15) is 44.3 Å². The minimum atomic E-state index is -5.62. The molecule has 0 aromatic heterocycles. The number of rotatable bonds is 0. The summed E-state index contributed by atoms with van der Waals surface area (Å²) in [5.41, 5.74) is 0. The summed E-state index contributed by atoms with van der Waals surface area (Å²) in [6.07, 6.45) is -10.5. The third-order valence-electron chi connectivity index (χ3n) is 0.648. The van der Waals surface area contributed by atoms with E-state index in [0.717, 1.165) is 0 Å². The first-order valence-electron chi connectivity index (χ1n) is 3.37. The number of alkyl halides is 6. The molecule has 6 nitrogen and oxygen atoms in total. The standard InChI is InChI=1S/C4F6O3.CH4O3S/c5-3(6,7)1(11)13-2(12)4(8,9)10;1-5(2,3)4/h;1H3,(H,2,3,4). The molecule has 0 bridgehead atoms. The number of hydrogen-bond donors (Lipinski definition) is 1. The zero-order valence-electron chi connectivity index (χ0n) is 8.16. The Morgan fingerprint density at radius 3 is 1.22 bits per heavy atom. The van der Waals surface area contributed by atoms with Crippen LogP contribution in [0.25, 0.3) is 0 Å². The molecule has 1 N–H and O–H groups in total. The molecule has 0 aliphatic rings. The van der Waals surface area contributed by atoms with Crippen LogP contribution in [-0.4, -0.2) is 43.5 Å². The molecule has 0 fully saturated rings. The van der Waals surface area contributed by atoms with Crippen LogP contribution in [0.3, 0.4) is 0 Å². The Balaban J connectivity index is 0. The lowest BCUT2D eigenvalue weighted by atomic mass is 10.6. The summed E-state index contributed by atoms with van der Waals surface area (Å²) >= 11 is 0. The van der Waals surface area contributed by atoms with Crippen molar-refractivity contribution in [2.45, 2.75) is 12.4 Å². The summed E-state index contributed by atoms with van der Waals surface area (Å²) in [6.45, 7) is 0. The van der Waals surface area contributed by atoms with Gasteiger partial charge in [0, 0.05) is 0 Å². The number of carbonyl (C=O) groups excluding carboxylic acids is 2. The largest absolute Gasteiger partial charge is 0.491 e. The van der Waals surface area contributed by atoms with E-state index in [-0.39, 0.29) is 0 Å². The maximum absolute atomic E-state index is 11.2. The summed E-state index contributed by atoms with van der Waals surface area (Å²) in [7, 11) is -3.67. The van der Waals surface area contributed by atoms with Crippen molar-refractivity contribution in [2.24, 2.45) is 0 Å². The minimum Gasteiger partial charge on any atom is -0.380 e. The van der Waals surface area contributed by atoms with Gasteiger partial charge in [-0.25, -0.2) is 9.59 Å². The van der Waals surface area contributed by atoms with E-state index in [1.54, 1.807) is 0 Å². The summed E-state index contributed by atoms with van der Waals surface area (Å²) in [4.78, 5) is 19.3. The fourth-order valence-corrected chi connectivity index (χ4v) is 0.200. The van der Waals surface area contributed by atoms with Gasteiger partial charge in [-0.2, -0.15) is 34.8 Å². The van der Waals surface area contributed by atoms with Crippen LogP contribution in [0.1, 0.15) is 0 Å². The number of halogens is 6. The Morgan fingerprint density at radius 1 is 0.944 bits per heavy atom. The number of ether oxygens (including phenoxy) is 1. The lowest BCUT2D eigenvalue weighted by Gasteiger charge is -2.06. The molecule has 0 aromatic rings. The van der Waals surface area contributed by atoms with Crippen molar-refractivity contribution < 1.29 is 53.6 Å². The molecule has 0 saturated carbocycles. The zero-order chi connectivity index (χ0) is 15.4. The van der Waals surface area contributed by atoms with Crippen LogP contribution in [0.4, 0.5) is 26.3 Å². The third kappa shape index (κ3) is 12.7. The van der Waals surface area contributed by atoms with Crippen molar-refractivity contribution in [3.63, 3.8) is 0 Å². The summed E-state index contributed by atoms with van der Waals surface area (Å²) in [6, 6.07) is 0. The van der Waals surface area contributed by atoms with Gasteiger partial charge in [-0.15, -0.1) is 0 Å². The molecule has 0 radical (unpaired) electrons. The topological polar surface area (TPSA) is 97.7 Å². The van der Waals surface area contributed by atoms with Crippen molar-refractivity contribution in [1.29, 1.82) is 0 Å². The molecule has 0 aliphatic carbocycles. The Morgan fingerprint density at radius 2 is 1.11 bits per heavy atom. The third-order valence-corrected chi connectivity index (χ3v) is 0.648.